The topological polar surface area (TPSA) is 155 Å². The van der Waals surface area contributed by atoms with E-state index >= 15 is 0 Å². The largest absolute Gasteiger partial charge is 0.370 e. The maximum atomic E-state index is 10.6. The van der Waals surface area contributed by atoms with Crippen molar-refractivity contribution in [1.29, 1.82) is 0 Å². The van der Waals surface area contributed by atoms with Gasteiger partial charge in [0.25, 0.3) is 0 Å². The van der Waals surface area contributed by atoms with Crippen molar-refractivity contribution in [1.82, 2.24) is 0 Å². The second kappa shape index (κ2) is 4.77. The number of rotatable bonds is 3. The fourth-order valence-electron chi connectivity index (χ4n) is 0.288. The first-order chi connectivity index (χ1) is 5.52. The van der Waals surface area contributed by atoms with Gasteiger partial charge in [-0.3, -0.25) is 0 Å². The normalized spacial score (nSPS) is 8.33. The molecule has 0 saturated carbocycles. The van der Waals surface area contributed by atoms with E-state index in [1.54, 1.807) is 0 Å². The van der Waals surface area contributed by atoms with Crippen molar-refractivity contribution in [3.63, 3.8) is 0 Å². The van der Waals surface area contributed by atoms with Crippen LogP contribution < -0.4 is 22.9 Å². The van der Waals surface area contributed by atoms with Crippen LogP contribution in [0.2, 0.25) is 0 Å². The molecule has 0 radical (unpaired) electrons. The van der Waals surface area contributed by atoms with Gasteiger partial charge in [0, 0.05) is 0 Å². The van der Waals surface area contributed by atoms with Gasteiger partial charge in [-0.1, -0.05) is 0 Å². The molecule has 8 heteroatoms. The van der Waals surface area contributed by atoms with E-state index in [1.165, 1.54) is 0 Å². The summed E-state index contributed by atoms with van der Waals surface area (Å²) in [4.78, 5) is 18.1. The number of oxime groups is 1. The Labute approximate surface area is 68.2 Å². The summed E-state index contributed by atoms with van der Waals surface area (Å²) in [5.74, 6) is -1.32. The first-order valence-corrected chi connectivity index (χ1v) is 2.86. The van der Waals surface area contributed by atoms with Crippen molar-refractivity contribution in [2.24, 2.45) is 33.1 Å². The highest BCUT2D eigenvalue weighted by Gasteiger charge is 1.99. The van der Waals surface area contributed by atoms with E-state index in [-0.39, 0.29) is 18.5 Å². The van der Waals surface area contributed by atoms with Crippen molar-refractivity contribution in [2.45, 2.75) is 0 Å². The number of aliphatic imine (C=N–C) groups is 1. The van der Waals surface area contributed by atoms with E-state index in [9.17, 15) is 4.79 Å². The summed E-state index contributed by atoms with van der Waals surface area (Å²) in [6.07, 6.45) is 0. The van der Waals surface area contributed by atoms with E-state index in [0.29, 0.717) is 0 Å². The van der Waals surface area contributed by atoms with Gasteiger partial charge in [-0.05, 0) is 5.16 Å². The molecular formula is C4H10N6O2. The summed E-state index contributed by atoms with van der Waals surface area (Å²) in [5, 5.41) is 2.97. The third kappa shape index (κ3) is 6.13. The molecule has 0 aliphatic rings. The minimum absolute atomic E-state index is 0.211. The summed E-state index contributed by atoms with van der Waals surface area (Å²) in [6.45, 7) is -0.320. The molecule has 0 saturated heterocycles. The van der Waals surface area contributed by atoms with Gasteiger partial charge in [0.15, 0.2) is 5.96 Å². The second-order valence-corrected chi connectivity index (χ2v) is 1.72. The standard InChI is InChI=1S/C4H10N6O2/c5-3(6)9-1-2(11)12-10-4(7)8/h1H2,(H4,5,6,9)(H4,7,8,10). The van der Waals surface area contributed by atoms with E-state index in [4.69, 9.17) is 22.9 Å². The maximum Gasteiger partial charge on any atom is 0.356 e. The highest BCUT2D eigenvalue weighted by molar-refractivity contribution is 5.81. The number of carbonyl (C=O) groups excluding carboxylic acids is 1. The first kappa shape index (κ1) is 10.0. The molecule has 0 bridgehead atoms. The zero-order valence-corrected chi connectivity index (χ0v) is 6.23. The third-order valence-electron chi connectivity index (χ3n) is 0.644. The highest BCUT2D eigenvalue weighted by Crippen LogP contribution is 1.79. The second-order valence-electron chi connectivity index (χ2n) is 1.72. The van der Waals surface area contributed by atoms with Gasteiger partial charge in [0.1, 0.15) is 6.54 Å². The number of nitrogens with two attached hydrogens (primary N) is 4. The molecule has 0 heterocycles. The van der Waals surface area contributed by atoms with Crippen LogP contribution in [0.4, 0.5) is 0 Å². The minimum Gasteiger partial charge on any atom is -0.370 e. The molecule has 0 spiro atoms. The minimum atomic E-state index is -0.753. The average Bonchev–Trinajstić information content (AvgIpc) is 1.96. The quantitative estimate of drug-likeness (QED) is 0.154. The molecular weight excluding hydrogens is 164 g/mol. The fourth-order valence-corrected chi connectivity index (χ4v) is 0.288. The summed E-state index contributed by atoms with van der Waals surface area (Å²) in [7, 11) is 0. The Kier molecular flexibility index (Phi) is 3.98. The van der Waals surface area contributed by atoms with Crippen molar-refractivity contribution in [2.75, 3.05) is 6.54 Å². The van der Waals surface area contributed by atoms with Crippen LogP contribution >= 0.6 is 0 Å². The van der Waals surface area contributed by atoms with Gasteiger partial charge in [-0.2, -0.15) is 0 Å². The van der Waals surface area contributed by atoms with Crippen LogP contribution in [0.25, 0.3) is 0 Å². The van der Waals surface area contributed by atoms with Crippen LogP contribution in [0.5, 0.6) is 0 Å². The van der Waals surface area contributed by atoms with Crippen molar-refractivity contribution in [3.8, 4) is 0 Å². The van der Waals surface area contributed by atoms with Crippen LogP contribution in [-0.2, 0) is 9.63 Å². The van der Waals surface area contributed by atoms with Crippen molar-refractivity contribution < 1.29 is 9.63 Å². The van der Waals surface area contributed by atoms with E-state index < -0.39 is 5.97 Å². The summed E-state index contributed by atoms with van der Waals surface area (Å²) in [5.41, 5.74) is 19.6. The highest BCUT2D eigenvalue weighted by atomic mass is 16.7. The van der Waals surface area contributed by atoms with Crippen molar-refractivity contribution in [3.05, 3.63) is 0 Å². The van der Waals surface area contributed by atoms with Gasteiger partial charge in [-0.25, -0.2) is 9.79 Å². The average molecular weight is 174 g/mol. The van der Waals surface area contributed by atoms with Gasteiger partial charge < -0.3 is 27.8 Å². The monoisotopic (exact) mass is 174 g/mol. The predicted octanol–water partition coefficient (Wildman–Crippen LogP) is -3.01. The lowest BCUT2D eigenvalue weighted by molar-refractivity contribution is -0.141. The van der Waals surface area contributed by atoms with Crippen LogP contribution in [0.1, 0.15) is 0 Å². The lowest BCUT2D eigenvalue weighted by atomic mass is 10.7. The van der Waals surface area contributed by atoms with Gasteiger partial charge in [0.2, 0.25) is 5.96 Å². The number of carbonyl (C=O) groups is 1. The van der Waals surface area contributed by atoms with Gasteiger partial charge in [0.05, 0.1) is 0 Å². The van der Waals surface area contributed by atoms with Crippen LogP contribution in [0.3, 0.4) is 0 Å². The molecule has 12 heavy (non-hydrogen) atoms. The lowest BCUT2D eigenvalue weighted by Gasteiger charge is -1.94. The molecule has 0 aromatic rings. The summed E-state index contributed by atoms with van der Waals surface area (Å²) >= 11 is 0. The fraction of sp³-hybridized carbons (Fsp3) is 0.250. The lowest BCUT2D eigenvalue weighted by Crippen LogP contribution is -2.25. The number of hydrogen-bond acceptors (Lipinski definition) is 4. The van der Waals surface area contributed by atoms with Gasteiger partial charge in [-0.15, -0.1) is 0 Å². The molecule has 0 aliphatic carbocycles. The Morgan fingerprint density at radius 1 is 1.17 bits per heavy atom. The van der Waals surface area contributed by atoms with Crippen molar-refractivity contribution >= 4 is 17.9 Å². The molecule has 0 atom stereocenters. The molecule has 8 nitrogen and oxygen atoms in total. The molecule has 0 aromatic carbocycles. The van der Waals surface area contributed by atoms with Crippen LogP contribution in [-0.4, -0.2) is 24.4 Å². The predicted molar refractivity (Wildman–Crippen MR) is 42.6 cm³/mol. The molecule has 0 fully saturated rings. The smallest absolute Gasteiger partial charge is 0.356 e. The number of hydrogen-bond donors (Lipinski definition) is 4. The van der Waals surface area contributed by atoms with Crippen LogP contribution in [0.15, 0.2) is 10.1 Å². The number of guanidine groups is 2. The van der Waals surface area contributed by atoms with E-state index in [1.807, 2.05) is 0 Å². The zero-order chi connectivity index (χ0) is 9.56. The summed E-state index contributed by atoms with van der Waals surface area (Å²) < 4.78 is 0. The third-order valence-corrected chi connectivity index (χ3v) is 0.644. The van der Waals surface area contributed by atoms with E-state index in [0.717, 1.165) is 0 Å². The van der Waals surface area contributed by atoms with Gasteiger partial charge >= 0.3 is 5.97 Å². The Morgan fingerprint density at radius 3 is 2.17 bits per heavy atom. The molecule has 0 rings (SSSR count). The zero-order valence-electron chi connectivity index (χ0n) is 6.23. The first-order valence-electron chi connectivity index (χ1n) is 2.86. The van der Waals surface area contributed by atoms with Crippen LogP contribution in [0, 0.1) is 0 Å². The van der Waals surface area contributed by atoms with E-state index in [2.05, 4.69) is 15.0 Å². The Morgan fingerprint density at radius 2 is 1.75 bits per heavy atom. The molecule has 0 unspecified atom stereocenters. The summed E-state index contributed by atoms with van der Waals surface area (Å²) in [6, 6.07) is 0. The molecule has 8 N–H and O–H groups in total. The molecule has 0 amide bonds. The Hall–Kier alpha value is -1.99. The molecule has 0 aliphatic heterocycles. The maximum absolute atomic E-state index is 10.6. The molecule has 0 aromatic heterocycles. The SMILES string of the molecule is NC(N)=NCC(=O)ON=C(N)N. The molecule has 68 valence electrons. The number of nitrogens with zero attached hydrogens (tertiary/aromatic N) is 2. The Bertz CT molecular complexity index is 192. The Balaban J connectivity index is 3.76.